The molecule has 0 aromatic carbocycles. The monoisotopic (exact) mass is 741 g/mol. The number of hydrogen-bond acceptors (Lipinski definition) is 7. The first-order chi connectivity index (χ1) is 25.2. The largest absolute Gasteiger partial charge is 0.396 e. The fraction of sp³-hybridized carbons (Fsp3) is 0.977. The molecule has 4 saturated carbocycles. The van der Waals surface area contributed by atoms with Gasteiger partial charge < -0.3 is 37.4 Å². The van der Waals surface area contributed by atoms with Crippen LogP contribution in [-0.2, 0) is 4.79 Å². The molecular formula is C44H92N4O4. The number of aliphatic hydroxyl groups excluding tert-OH is 3. The Balaban J connectivity index is 0.00000128. The van der Waals surface area contributed by atoms with Crippen LogP contribution >= 0.6 is 0 Å². The van der Waals surface area contributed by atoms with Gasteiger partial charge in [-0.15, -0.1) is 0 Å². The Morgan fingerprint density at radius 3 is 1.65 bits per heavy atom. The van der Waals surface area contributed by atoms with Crippen molar-refractivity contribution in [2.75, 3.05) is 52.5 Å². The number of fused-ring (bicyclic) bond motifs is 5. The third kappa shape index (κ3) is 17.4. The van der Waals surface area contributed by atoms with Crippen molar-refractivity contribution >= 4 is 5.91 Å². The molecule has 8 heteroatoms. The lowest BCUT2D eigenvalue weighted by Crippen LogP contribution is -2.52. The molecule has 8 nitrogen and oxygen atoms in total. The van der Waals surface area contributed by atoms with E-state index in [1.807, 2.05) is 13.8 Å². The summed E-state index contributed by atoms with van der Waals surface area (Å²) in [6.45, 7) is 18.3. The highest BCUT2D eigenvalue weighted by Gasteiger charge is 2.59. The van der Waals surface area contributed by atoms with Gasteiger partial charge in [0.15, 0.2) is 0 Å². The maximum Gasteiger partial charge on any atom is 0.222 e. The SMILES string of the molecule is CC.CCCCCN(CCCCC)C(=O)CCC[C@H]1CCC2C3CCC4CCCC[C@]4(C)C3CC[C@@]21C.NCCCO.NCCCO.NCCCO. The number of carbonyl (C=O) groups is 1. The van der Waals surface area contributed by atoms with Crippen LogP contribution in [0.2, 0.25) is 0 Å². The molecule has 0 saturated heterocycles. The molecule has 4 aliphatic carbocycles. The summed E-state index contributed by atoms with van der Waals surface area (Å²) in [5.41, 5.74) is 16.2. The van der Waals surface area contributed by atoms with E-state index in [1.165, 1.54) is 109 Å². The van der Waals surface area contributed by atoms with Crippen LogP contribution in [0.3, 0.4) is 0 Å². The highest BCUT2D eigenvalue weighted by molar-refractivity contribution is 5.76. The third-order valence-corrected chi connectivity index (χ3v) is 13.2. The van der Waals surface area contributed by atoms with Crippen molar-refractivity contribution in [2.24, 2.45) is 57.6 Å². The molecule has 0 aromatic heterocycles. The number of carbonyl (C=O) groups excluding carboxylic acids is 1. The Labute approximate surface area is 323 Å². The molecule has 0 spiro atoms. The number of nitrogens with two attached hydrogens (primary N) is 3. The Bertz CT molecular complexity index is 804. The van der Waals surface area contributed by atoms with Crippen LogP contribution in [0, 0.1) is 40.4 Å². The van der Waals surface area contributed by atoms with Crippen LogP contribution in [0.1, 0.15) is 183 Å². The average Bonchev–Trinajstić information content (AvgIpc) is 3.49. The predicted molar refractivity (Wildman–Crippen MR) is 223 cm³/mol. The summed E-state index contributed by atoms with van der Waals surface area (Å²) in [5, 5.41) is 24.0. The van der Waals surface area contributed by atoms with E-state index in [9.17, 15) is 4.79 Å². The van der Waals surface area contributed by atoms with Gasteiger partial charge in [-0.25, -0.2) is 0 Å². The maximum atomic E-state index is 13.2. The van der Waals surface area contributed by atoms with E-state index < -0.39 is 0 Å². The molecule has 4 aliphatic rings. The van der Waals surface area contributed by atoms with E-state index in [0.717, 1.165) is 74.8 Å². The minimum Gasteiger partial charge on any atom is -0.396 e. The van der Waals surface area contributed by atoms with Gasteiger partial charge in [-0.2, -0.15) is 0 Å². The van der Waals surface area contributed by atoms with Crippen molar-refractivity contribution < 1.29 is 20.1 Å². The second kappa shape index (κ2) is 31.4. The Kier molecular flexibility index (Phi) is 31.0. The molecule has 0 aliphatic heterocycles. The van der Waals surface area contributed by atoms with Crippen molar-refractivity contribution in [3.05, 3.63) is 0 Å². The molecule has 7 atom stereocenters. The van der Waals surface area contributed by atoms with E-state index in [-0.39, 0.29) is 19.8 Å². The number of nitrogens with zero attached hydrogens (tertiary/aromatic N) is 1. The van der Waals surface area contributed by atoms with Gasteiger partial charge in [0.05, 0.1) is 0 Å². The molecule has 4 unspecified atom stereocenters. The van der Waals surface area contributed by atoms with E-state index >= 15 is 0 Å². The highest BCUT2D eigenvalue weighted by atomic mass is 16.3. The lowest BCUT2D eigenvalue weighted by atomic mass is 9.45. The van der Waals surface area contributed by atoms with Crippen LogP contribution in [0.4, 0.5) is 0 Å². The lowest BCUT2D eigenvalue weighted by Gasteiger charge is -2.60. The predicted octanol–water partition coefficient (Wildman–Crippen LogP) is 8.42. The average molecular weight is 741 g/mol. The lowest BCUT2D eigenvalue weighted by molar-refractivity contribution is -0.131. The number of hydrogen-bond donors (Lipinski definition) is 6. The topological polar surface area (TPSA) is 159 Å². The Morgan fingerprint density at radius 2 is 1.17 bits per heavy atom. The second-order valence-electron chi connectivity index (χ2n) is 16.5. The van der Waals surface area contributed by atoms with Crippen molar-refractivity contribution in [2.45, 2.75) is 183 Å². The van der Waals surface area contributed by atoms with E-state index in [1.54, 1.807) is 0 Å². The first-order valence-corrected chi connectivity index (χ1v) is 22.4. The van der Waals surface area contributed by atoms with Crippen molar-refractivity contribution in [3.8, 4) is 0 Å². The summed E-state index contributed by atoms with van der Waals surface area (Å²) in [7, 11) is 0. The van der Waals surface area contributed by atoms with Crippen LogP contribution in [0.15, 0.2) is 0 Å². The zero-order valence-electron chi connectivity index (χ0n) is 35.5. The van der Waals surface area contributed by atoms with Gasteiger partial charge in [-0.1, -0.05) is 80.1 Å². The molecule has 1 amide bonds. The van der Waals surface area contributed by atoms with Crippen LogP contribution in [0.5, 0.6) is 0 Å². The van der Waals surface area contributed by atoms with E-state index in [4.69, 9.17) is 32.5 Å². The summed E-state index contributed by atoms with van der Waals surface area (Å²) in [5.74, 6) is 5.34. The van der Waals surface area contributed by atoms with E-state index in [2.05, 4.69) is 32.6 Å². The molecule has 52 heavy (non-hydrogen) atoms. The van der Waals surface area contributed by atoms with Gasteiger partial charge in [0.25, 0.3) is 0 Å². The summed E-state index contributed by atoms with van der Waals surface area (Å²) in [4.78, 5) is 15.4. The first-order valence-electron chi connectivity index (χ1n) is 22.4. The van der Waals surface area contributed by atoms with Gasteiger partial charge in [0.2, 0.25) is 5.91 Å². The molecule has 0 heterocycles. The molecular weight excluding hydrogens is 649 g/mol. The Morgan fingerprint density at radius 1 is 0.635 bits per heavy atom. The third-order valence-electron chi connectivity index (χ3n) is 13.2. The number of aliphatic hydroxyl groups is 3. The zero-order chi connectivity index (χ0) is 39.3. The minimum atomic E-state index is 0.219. The van der Waals surface area contributed by atoms with Crippen molar-refractivity contribution in [1.29, 1.82) is 0 Å². The molecule has 4 rings (SSSR count). The second-order valence-corrected chi connectivity index (χ2v) is 16.5. The fourth-order valence-corrected chi connectivity index (χ4v) is 10.3. The van der Waals surface area contributed by atoms with Crippen LogP contribution in [0.25, 0.3) is 0 Å². The van der Waals surface area contributed by atoms with Crippen molar-refractivity contribution in [1.82, 2.24) is 4.90 Å². The van der Waals surface area contributed by atoms with Crippen LogP contribution in [-0.4, -0.2) is 78.7 Å². The quantitative estimate of drug-likeness (QED) is 0.0770. The summed E-state index contributed by atoms with van der Waals surface area (Å²) >= 11 is 0. The zero-order valence-corrected chi connectivity index (χ0v) is 35.5. The van der Waals surface area contributed by atoms with Gasteiger partial charge >= 0.3 is 0 Å². The fourth-order valence-electron chi connectivity index (χ4n) is 10.3. The molecule has 0 aromatic rings. The molecule has 0 radical (unpaired) electrons. The van der Waals surface area contributed by atoms with E-state index in [0.29, 0.717) is 36.4 Å². The van der Waals surface area contributed by atoms with Crippen LogP contribution < -0.4 is 17.2 Å². The molecule has 9 N–H and O–H groups in total. The smallest absolute Gasteiger partial charge is 0.222 e. The molecule has 312 valence electrons. The number of rotatable bonds is 18. The summed E-state index contributed by atoms with van der Waals surface area (Å²) in [6.07, 6.45) is 27.7. The molecule has 4 fully saturated rings. The van der Waals surface area contributed by atoms with Gasteiger partial charge in [-0.05, 0) is 156 Å². The minimum absolute atomic E-state index is 0.219. The highest BCUT2D eigenvalue weighted by Crippen LogP contribution is 2.67. The van der Waals surface area contributed by atoms with Crippen molar-refractivity contribution in [3.63, 3.8) is 0 Å². The number of amides is 1. The van der Waals surface area contributed by atoms with Gasteiger partial charge in [0, 0.05) is 39.3 Å². The summed E-state index contributed by atoms with van der Waals surface area (Å²) in [6, 6.07) is 0. The standard InChI is InChI=1S/C33H59NO.3C3H9NO.C2H6/c1-5-7-11-24-34(25-12-8-6-2)31(35)16-13-15-27-18-20-29-28-19-17-26-14-9-10-22-32(26,3)30(28)21-23-33(27,29)4;3*4-2-1-3-5;1-2/h26-30H,5-25H2,1-4H3;3*5H,1-4H2;1-2H3/t26?,27-,28?,29?,30?,32-,33+;;;;/m0..../s1. The maximum absolute atomic E-state index is 13.2. The Hall–Kier alpha value is -0.770. The number of unbranched alkanes of at least 4 members (excludes halogenated alkanes) is 4. The van der Waals surface area contributed by atoms with Gasteiger partial charge in [0.1, 0.15) is 0 Å². The molecule has 0 bridgehead atoms. The first kappa shape index (κ1) is 51.2. The normalized spacial score (nSPS) is 28.4. The van der Waals surface area contributed by atoms with Gasteiger partial charge in [-0.3, -0.25) is 4.79 Å². The summed E-state index contributed by atoms with van der Waals surface area (Å²) < 4.78 is 0.